The first-order chi connectivity index (χ1) is 22.7. The molecule has 1 heterocycles. The van der Waals surface area contributed by atoms with Crippen molar-refractivity contribution in [3.8, 4) is 0 Å². The Morgan fingerprint density at radius 1 is 1.04 bits per heavy atom. The predicted octanol–water partition coefficient (Wildman–Crippen LogP) is 3.52. The molecule has 1 fully saturated rings. The number of carbonyl (C=O) groups is 4. The van der Waals surface area contributed by atoms with Crippen molar-refractivity contribution in [1.82, 2.24) is 10.2 Å². The SMILES string of the molecule is CN(C)C(=O)C=Cc1ccc(C(=O)OC2CC(C(=O)NC(CO)CCC(=O)OC(C)(C)C)=CC3OC4(Cc5ccccc5C4)OC32)cc1. The molecule has 4 atom stereocenters. The Bertz CT molecular complexity index is 1560. The molecule has 5 rings (SSSR count). The van der Waals surface area contributed by atoms with Gasteiger partial charge in [-0.15, -0.1) is 0 Å². The number of amides is 2. The summed E-state index contributed by atoms with van der Waals surface area (Å²) in [5.41, 5.74) is 2.95. The summed E-state index contributed by atoms with van der Waals surface area (Å²) in [5.74, 6) is -2.59. The zero-order chi connectivity index (χ0) is 34.6. The quantitative estimate of drug-likeness (QED) is 0.289. The number of aliphatic hydroxyl groups is 1. The third-order valence-corrected chi connectivity index (χ3v) is 8.44. The lowest BCUT2D eigenvalue weighted by molar-refractivity contribution is -0.172. The highest BCUT2D eigenvalue weighted by Gasteiger charge is 2.55. The minimum atomic E-state index is -0.953. The molecular formula is C37H44N2O9. The fourth-order valence-electron chi connectivity index (χ4n) is 6.09. The van der Waals surface area contributed by atoms with Crippen LogP contribution in [-0.2, 0) is 46.2 Å². The number of benzene rings is 2. The predicted molar refractivity (Wildman–Crippen MR) is 176 cm³/mol. The Morgan fingerprint density at radius 2 is 1.71 bits per heavy atom. The highest BCUT2D eigenvalue weighted by Crippen LogP contribution is 2.45. The Morgan fingerprint density at radius 3 is 2.31 bits per heavy atom. The molecule has 2 amide bonds. The van der Waals surface area contributed by atoms with Gasteiger partial charge < -0.3 is 34.3 Å². The summed E-state index contributed by atoms with van der Waals surface area (Å²) < 4.78 is 24.4. The van der Waals surface area contributed by atoms with Crippen molar-refractivity contribution in [2.45, 2.75) is 88.6 Å². The first kappa shape index (κ1) is 35.0. The van der Waals surface area contributed by atoms with E-state index in [0.717, 1.165) is 16.7 Å². The smallest absolute Gasteiger partial charge is 0.338 e. The van der Waals surface area contributed by atoms with Crippen LogP contribution in [0.15, 0.2) is 66.3 Å². The first-order valence-corrected chi connectivity index (χ1v) is 16.2. The Balaban J connectivity index is 1.31. The van der Waals surface area contributed by atoms with Crippen LogP contribution < -0.4 is 5.32 Å². The molecule has 48 heavy (non-hydrogen) atoms. The lowest BCUT2D eigenvalue weighted by Gasteiger charge is -2.31. The minimum Gasteiger partial charge on any atom is -0.460 e. The summed E-state index contributed by atoms with van der Waals surface area (Å²) in [5, 5.41) is 12.8. The molecule has 1 aliphatic heterocycles. The summed E-state index contributed by atoms with van der Waals surface area (Å²) >= 11 is 0. The molecule has 11 nitrogen and oxygen atoms in total. The molecular weight excluding hydrogens is 616 g/mol. The highest BCUT2D eigenvalue weighted by molar-refractivity contribution is 5.95. The molecule has 0 saturated carbocycles. The van der Waals surface area contributed by atoms with E-state index >= 15 is 0 Å². The summed E-state index contributed by atoms with van der Waals surface area (Å²) in [6, 6.07) is 14.0. The van der Waals surface area contributed by atoms with E-state index in [1.165, 1.54) is 11.0 Å². The molecule has 3 aliphatic rings. The molecule has 256 valence electrons. The van der Waals surface area contributed by atoms with Crippen LogP contribution in [0.5, 0.6) is 0 Å². The van der Waals surface area contributed by atoms with Crippen LogP contribution in [0.1, 0.15) is 67.1 Å². The van der Waals surface area contributed by atoms with Gasteiger partial charge in [0.1, 0.15) is 23.9 Å². The van der Waals surface area contributed by atoms with E-state index in [1.807, 2.05) is 24.3 Å². The van der Waals surface area contributed by atoms with E-state index in [2.05, 4.69) is 5.32 Å². The Hall–Kier alpha value is -4.32. The van der Waals surface area contributed by atoms with Crippen LogP contribution in [0.4, 0.5) is 0 Å². The van der Waals surface area contributed by atoms with Gasteiger partial charge in [0, 0.05) is 51.4 Å². The van der Waals surface area contributed by atoms with Crippen LogP contribution in [0, 0.1) is 0 Å². The Labute approximate surface area is 280 Å². The minimum absolute atomic E-state index is 0.0212. The number of hydrogen-bond donors (Lipinski definition) is 2. The van der Waals surface area contributed by atoms with Gasteiger partial charge in [-0.3, -0.25) is 14.4 Å². The third-order valence-electron chi connectivity index (χ3n) is 8.44. The second-order valence-electron chi connectivity index (χ2n) is 13.7. The maximum absolute atomic E-state index is 13.5. The van der Waals surface area contributed by atoms with E-state index in [4.69, 9.17) is 18.9 Å². The van der Waals surface area contributed by atoms with E-state index in [9.17, 15) is 24.3 Å². The number of ether oxygens (including phenoxy) is 4. The lowest BCUT2D eigenvalue weighted by Crippen LogP contribution is -2.45. The maximum Gasteiger partial charge on any atom is 0.338 e. The second kappa shape index (κ2) is 14.4. The summed E-state index contributed by atoms with van der Waals surface area (Å²) in [4.78, 5) is 52.5. The number of esters is 2. The van der Waals surface area contributed by atoms with E-state index in [-0.39, 0.29) is 31.8 Å². The van der Waals surface area contributed by atoms with Crippen LogP contribution in [-0.4, -0.2) is 90.2 Å². The highest BCUT2D eigenvalue weighted by atomic mass is 16.8. The van der Waals surface area contributed by atoms with E-state index < -0.39 is 53.6 Å². The Kier molecular flexibility index (Phi) is 10.5. The molecule has 11 heteroatoms. The monoisotopic (exact) mass is 660 g/mol. The summed E-state index contributed by atoms with van der Waals surface area (Å²) in [6.45, 7) is 4.94. The summed E-state index contributed by atoms with van der Waals surface area (Å²) in [6.07, 6.45) is 3.96. The van der Waals surface area contributed by atoms with Crippen molar-refractivity contribution in [2.24, 2.45) is 0 Å². The molecule has 1 saturated heterocycles. The van der Waals surface area contributed by atoms with Crippen LogP contribution >= 0.6 is 0 Å². The van der Waals surface area contributed by atoms with Gasteiger partial charge >= 0.3 is 11.9 Å². The van der Waals surface area contributed by atoms with Crippen molar-refractivity contribution < 1.29 is 43.2 Å². The molecule has 2 aromatic rings. The number of aliphatic hydroxyl groups excluding tert-OH is 1. The molecule has 4 unspecified atom stereocenters. The number of nitrogens with one attached hydrogen (secondary N) is 1. The van der Waals surface area contributed by atoms with Gasteiger partial charge in [0.15, 0.2) is 5.79 Å². The average Bonchev–Trinajstić information content (AvgIpc) is 3.59. The molecule has 0 bridgehead atoms. The average molecular weight is 661 g/mol. The van der Waals surface area contributed by atoms with Gasteiger partial charge in [-0.2, -0.15) is 0 Å². The van der Waals surface area contributed by atoms with Gasteiger partial charge in [-0.25, -0.2) is 4.79 Å². The normalized spacial score (nSPS) is 21.6. The van der Waals surface area contributed by atoms with Crippen LogP contribution in [0.3, 0.4) is 0 Å². The number of carbonyl (C=O) groups excluding carboxylic acids is 4. The fourth-order valence-corrected chi connectivity index (χ4v) is 6.09. The van der Waals surface area contributed by atoms with Gasteiger partial charge in [-0.1, -0.05) is 36.4 Å². The molecule has 1 spiro atoms. The fraction of sp³-hybridized carbons (Fsp3) is 0.459. The van der Waals surface area contributed by atoms with Gasteiger partial charge in [0.2, 0.25) is 11.8 Å². The first-order valence-electron chi connectivity index (χ1n) is 16.2. The van der Waals surface area contributed by atoms with Crippen molar-refractivity contribution in [3.63, 3.8) is 0 Å². The number of fused-ring (bicyclic) bond motifs is 2. The summed E-state index contributed by atoms with van der Waals surface area (Å²) in [7, 11) is 3.33. The second-order valence-corrected chi connectivity index (χ2v) is 13.7. The molecule has 2 aliphatic carbocycles. The van der Waals surface area contributed by atoms with Crippen LogP contribution in [0.25, 0.3) is 6.08 Å². The molecule has 2 aromatic carbocycles. The molecule has 2 N–H and O–H groups in total. The number of hydrogen-bond acceptors (Lipinski definition) is 9. The van der Waals surface area contributed by atoms with Crippen molar-refractivity contribution in [3.05, 3.63) is 88.5 Å². The zero-order valence-corrected chi connectivity index (χ0v) is 28.1. The van der Waals surface area contributed by atoms with Crippen molar-refractivity contribution in [1.29, 1.82) is 0 Å². The third kappa shape index (κ3) is 8.58. The molecule has 0 aromatic heterocycles. The van der Waals surface area contributed by atoms with Crippen LogP contribution in [0.2, 0.25) is 0 Å². The van der Waals surface area contributed by atoms with E-state index in [1.54, 1.807) is 71.3 Å². The van der Waals surface area contributed by atoms with Crippen molar-refractivity contribution in [2.75, 3.05) is 20.7 Å². The molecule has 0 radical (unpaired) electrons. The largest absolute Gasteiger partial charge is 0.460 e. The standard InChI is InChI=1S/C37H44N2O9/c1-36(2,3)47-32(42)17-15-28(22-40)38-34(43)27-18-29(45-35(44)24-13-10-23(11-14-24)12-16-31(41)39(4)5)33-30(19-27)46-37(48-33)20-25-8-6-7-9-26(25)21-37/h6-14,16,19,28-30,33,40H,15,17-18,20-22H2,1-5H3,(H,38,43). The van der Waals surface area contributed by atoms with E-state index in [0.29, 0.717) is 24.0 Å². The number of likely N-dealkylation sites (N-methyl/N-ethyl adjacent to an activating group) is 1. The number of nitrogens with zero attached hydrogens (tertiary/aromatic N) is 1. The maximum atomic E-state index is 13.5. The zero-order valence-electron chi connectivity index (χ0n) is 28.1. The lowest BCUT2D eigenvalue weighted by atomic mass is 9.91. The topological polar surface area (TPSA) is 141 Å². The van der Waals surface area contributed by atoms with Gasteiger partial charge in [0.05, 0.1) is 18.2 Å². The van der Waals surface area contributed by atoms with Crippen molar-refractivity contribution >= 4 is 29.8 Å². The van der Waals surface area contributed by atoms with Gasteiger partial charge in [0.25, 0.3) is 0 Å². The number of rotatable bonds is 10. The van der Waals surface area contributed by atoms with Gasteiger partial charge in [-0.05, 0) is 68.2 Å².